The van der Waals surface area contributed by atoms with Crippen molar-refractivity contribution in [2.45, 2.75) is 78.6 Å². The first kappa shape index (κ1) is 37.4. The summed E-state index contributed by atoms with van der Waals surface area (Å²) in [6, 6.07) is 1.43. The quantitative estimate of drug-likeness (QED) is 0.124. The van der Waals surface area contributed by atoms with E-state index in [0.717, 1.165) is 0 Å². The minimum absolute atomic E-state index is 0.355. The van der Waals surface area contributed by atoms with E-state index in [1.165, 1.54) is 0 Å². The van der Waals surface area contributed by atoms with Gasteiger partial charge in [-0.2, -0.15) is 0 Å². The normalized spacial score (nSPS) is 17.4. The molecule has 0 spiro atoms. The van der Waals surface area contributed by atoms with E-state index < -0.39 is 35.2 Å². The molecule has 6 N–H and O–H groups in total. The zero-order chi connectivity index (χ0) is 28.3. The molecule has 0 fully saturated rings. The molecule has 0 aromatic rings. The van der Waals surface area contributed by atoms with Gasteiger partial charge in [0.2, 0.25) is 0 Å². The van der Waals surface area contributed by atoms with Gasteiger partial charge in [-0.25, -0.2) is 0 Å². The van der Waals surface area contributed by atoms with E-state index in [9.17, 15) is 0 Å². The molecule has 0 aliphatic heterocycles. The third kappa shape index (κ3) is 13.5. The minimum atomic E-state index is -3.56. The van der Waals surface area contributed by atoms with Crippen molar-refractivity contribution in [1.82, 2.24) is 0 Å². The van der Waals surface area contributed by atoms with Crippen molar-refractivity contribution in [3.63, 3.8) is 0 Å². The molecule has 0 rings (SSSR count). The summed E-state index contributed by atoms with van der Waals surface area (Å²) in [5.41, 5.74) is 17.7. The maximum absolute atomic E-state index is 6.98. The van der Waals surface area contributed by atoms with Crippen LogP contribution >= 0.6 is 0 Å². The van der Waals surface area contributed by atoms with Crippen LogP contribution in [0.15, 0.2) is 0 Å². The van der Waals surface area contributed by atoms with Crippen LogP contribution in [0, 0.1) is 0 Å². The molecule has 0 aliphatic rings. The maximum atomic E-state index is 6.98. The Morgan fingerprint density at radius 1 is 0.486 bits per heavy atom. The molecule has 0 saturated heterocycles. The smallest absolute Gasteiger partial charge is 0.377 e. The average Bonchev–Trinajstić information content (AvgIpc) is 2.86. The predicted octanol–water partition coefficient (Wildman–Crippen LogP) is 2.30. The van der Waals surface area contributed by atoms with Gasteiger partial charge in [0.05, 0.1) is 0 Å². The van der Waals surface area contributed by atoms with Crippen LogP contribution in [0.4, 0.5) is 0 Å². The van der Waals surface area contributed by atoms with Crippen LogP contribution in [0.25, 0.3) is 0 Å². The highest BCUT2D eigenvalue weighted by molar-refractivity contribution is 6.83. The fourth-order valence-corrected chi connectivity index (χ4v) is 19.9. The van der Waals surface area contributed by atoms with Crippen molar-refractivity contribution in [1.29, 1.82) is 0 Å². The SMILES string of the molecule is CCO[Si](C)(OC)O[Si](CCCN)(OCC)O[Si](CCCN)(OCC)O[Si](CCCN)(OCC)OCC. The summed E-state index contributed by atoms with van der Waals surface area (Å²) in [5.74, 6) is 0. The van der Waals surface area contributed by atoms with E-state index in [1.54, 1.807) is 7.11 Å². The van der Waals surface area contributed by atoms with Crippen molar-refractivity contribution in [3.8, 4) is 0 Å². The largest absolute Gasteiger partial charge is 0.493 e. The van der Waals surface area contributed by atoms with Crippen LogP contribution in [0.1, 0.15) is 53.9 Å². The second kappa shape index (κ2) is 20.3. The minimum Gasteiger partial charge on any atom is -0.377 e. The second-order valence-corrected chi connectivity index (χ2v) is 19.9. The lowest BCUT2D eigenvalue weighted by Crippen LogP contribution is -2.67. The van der Waals surface area contributed by atoms with Crippen LogP contribution in [-0.2, 0) is 38.9 Å². The highest BCUT2D eigenvalue weighted by Gasteiger charge is 2.61. The summed E-state index contributed by atoms with van der Waals surface area (Å²) in [4.78, 5) is 0. The van der Waals surface area contributed by atoms with Crippen molar-refractivity contribution < 1.29 is 38.9 Å². The average molecular weight is 606 g/mol. The Balaban J connectivity index is 6.80. The lowest BCUT2D eigenvalue weighted by molar-refractivity contribution is 0.0389. The molecule has 3 unspecified atom stereocenters. The number of hydrogen-bond acceptors (Lipinski definition) is 12. The zero-order valence-electron chi connectivity index (χ0n) is 24.3. The molecule has 37 heavy (non-hydrogen) atoms. The maximum Gasteiger partial charge on any atom is 0.493 e. The molecule has 0 heterocycles. The standard InChI is InChI=1S/C21H55N3O9Si4/c1-8-26-34(7,25-6)31-36(29-11-4,20-14-17-23)33-37(30-12-5,21-15-18-24)32-35(27-9-2,28-10-3)19-13-16-22/h8-24H2,1-7H3. The van der Waals surface area contributed by atoms with Gasteiger partial charge in [0.1, 0.15) is 0 Å². The van der Waals surface area contributed by atoms with Gasteiger partial charge in [-0.1, -0.05) is 0 Å². The van der Waals surface area contributed by atoms with Crippen LogP contribution in [0.2, 0.25) is 24.7 Å². The van der Waals surface area contributed by atoms with E-state index >= 15 is 0 Å². The summed E-state index contributed by atoms with van der Waals surface area (Å²) >= 11 is 0. The Bertz CT molecular complexity index is 573. The van der Waals surface area contributed by atoms with Crippen molar-refractivity contribution >= 4 is 35.2 Å². The van der Waals surface area contributed by atoms with Crippen LogP contribution in [0.5, 0.6) is 0 Å². The van der Waals surface area contributed by atoms with Gasteiger partial charge in [0.25, 0.3) is 0 Å². The molecule has 0 aromatic carbocycles. The molecule has 0 amide bonds. The Hall–Kier alpha value is 0.388. The molecule has 224 valence electrons. The number of nitrogens with two attached hydrogens (primary N) is 3. The first-order chi connectivity index (χ1) is 17.7. The van der Waals surface area contributed by atoms with Crippen LogP contribution in [0.3, 0.4) is 0 Å². The Labute approximate surface area is 229 Å². The fourth-order valence-electron chi connectivity index (χ4n) is 3.79. The topological polar surface area (TPSA) is 161 Å². The van der Waals surface area contributed by atoms with E-state index in [2.05, 4.69) is 0 Å². The van der Waals surface area contributed by atoms with Crippen LogP contribution < -0.4 is 17.2 Å². The fraction of sp³-hybridized carbons (Fsp3) is 1.00. The van der Waals surface area contributed by atoms with Crippen molar-refractivity contribution in [2.24, 2.45) is 17.2 Å². The molecule has 0 bridgehead atoms. The predicted molar refractivity (Wildman–Crippen MR) is 153 cm³/mol. The number of hydrogen-bond donors (Lipinski definition) is 3. The first-order valence-electron chi connectivity index (χ1n) is 13.6. The molecular weight excluding hydrogens is 551 g/mol. The van der Waals surface area contributed by atoms with E-state index in [-0.39, 0.29) is 0 Å². The first-order valence-corrected chi connectivity index (χ1v) is 21.6. The summed E-state index contributed by atoms with van der Waals surface area (Å²) in [6.45, 7) is 14.7. The van der Waals surface area contributed by atoms with Gasteiger partial charge in [-0.3, -0.25) is 0 Å². The highest BCUT2D eigenvalue weighted by Crippen LogP contribution is 2.34. The molecular formula is C21H55N3O9Si4. The van der Waals surface area contributed by atoms with Gasteiger partial charge in [0, 0.05) is 64.8 Å². The monoisotopic (exact) mass is 605 g/mol. The van der Waals surface area contributed by atoms with E-state index in [4.69, 9.17) is 56.1 Å². The molecule has 3 atom stereocenters. The second-order valence-electron chi connectivity index (χ2n) is 8.26. The molecule has 16 heteroatoms. The molecule has 0 aliphatic carbocycles. The Morgan fingerprint density at radius 2 is 0.811 bits per heavy atom. The summed E-state index contributed by atoms with van der Waals surface area (Å²) in [6.07, 6.45) is 1.91. The van der Waals surface area contributed by atoms with Crippen molar-refractivity contribution in [2.75, 3.05) is 59.8 Å². The zero-order valence-corrected chi connectivity index (χ0v) is 28.3. The van der Waals surface area contributed by atoms with Gasteiger partial charge < -0.3 is 56.1 Å². The van der Waals surface area contributed by atoms with E-state index in [0.29, 0.717) is 90.1 Å². The van der Waals surface area contributed by atoms with Gasteiger partial charge in [-0.15, -0.1) is 0 Å². The van der Waals surface area contributed by atoms with Gasteiger partial charge >= 0.3 is 35.2 Å². The summed E-state index contributed by atoms with van der Waals surface area (Å²) in [7, 11) is -11.9. The third-order valence-corrected chi connectivity index (χ3v) is 20.3. The van der Waals surface area contributed by atoms with Crippen molar-refractivity contribution in [3.05, 3.63) is 0 Å². The molecule has 0 saturated carbocycles. The lowest BCUT2D eigenvalue weighted by atomic mass is 10.5. The Morgan fingerprint density at radius 3 is 1.16 bits per heavy atom. The molecule has 0 aromatic heterocycles. The van der Waals surface area contributed by atoms with E-state index in [1.807, 2.05) is 41.2 Å². The van der Waals surface area contributed by atoms with Crippen LogP contribution in [-0.4, -0.2) is 95.0 Å². The number of rotatable bonds is 26. The third-order valence-electron chi connectivity index (χ3n) is 5.26. The highest BCUT2D eigenvalue weighted by atomic mass is 28.5. The summed E-state index contributed by atoms with van der Waals surface area (Å²) < 4.78 is 57.4. The Kier molecular flexibility index (Phi) is 20.5. The molecule has 0 radical (unpaired) electrons. The van der Waals surface area contributed by atoms with Gasteiger partial charge in [-0.05, 0) is 73.5 Å². The lowest BCUT2D eigenvalue weighted by Gasteiger charge is -2.44. The molecule has 12 nitrogen and oxygen atoms in total. The summed E-state index contributed by atoms with van der Waals surface area (Å²) in [5, 5.41) is 0. The van der Waals surface area contributed by atoms with Gasteiger partial charge in [0.15, 0.2) is 0 Å².